The molecule has 0 aliphatic rings. The molecule has 0 heterocycles. The highest BCUT2D eigenvalue weighted by Gasteiger charge is 2.31. The molecule has 0 aliphatic heterocycles. The second-order valence-corrected chi connectivity index (χ2v) is 8.10. The Kier molecular flexibility index (Phi) is 8.98. The minimum atomic E-state index is -1.39. The van der Waals surface area contributed by atoms with Crippen LogP contribution in [0.1, 0.15) is 45.7 Å². The van der Waals surface area contributed by atoms with Gasteiger partial charge >= 0.3 is 5.97 Å². The summed E-state index contributed by atoms with van der Waals surface area (Å²) in [5.74, 6) is -1.19. The van der Waals surface area contributed by atoms with Gasteiger partial charge in [-0.25, -0.2) is 9.78 Å². The number of aliphatic carboxylic acids is 1. The number of benzene rings is 2. The maximum atomic E-state index is 10.2. The van der Waals surface area contributed by atoms with Crippen LogP contribution in [0.3, 0.4) is 0 Å². The summed E-state index contributed by atoms with van der Waals surface area (Å²) < 4.78 is 0. The molecule has 3 N–H and O–H groups in total. The summed E-state index contributed by atoms with van der Waals surface area (Å²) >= 11 is 0. The van der Waals surface area contributed by atoms with E-state index in [9.17, 15) is 4.79 Å². The molecule has 0 aromatic heterocycles. The standard InChI is InChI=1S/C18H22O2.C5H10O4/c1-17(2,15-11-7-5-8-12-15)19-20-18(3,4)16-13-9-6-10-14-16;1-5(2-6,3-7)4(8)9/h5-14H,1-4H3;6-7H,2-3H2,1H3,(H,8,9). The van der Waals surface area contributed by atoms with Gasteiger partial charge in [0.2, 0.25) is 0 Å². The van der Waals surface area contributed by atoms with E-state index in [1.54, 1.807) is 0 Å². The van der Waals surface area contributed by atoms with Crippen molar-refractivity contribution in [2.75, 3.05) is 13.2 Å². The Morgan fingerprint density at radius 3 is 1.24 bits per heavy atom. The lowest BCUT2D eigenvalue weighted by molar-refractivity contribution is -0.410. The predicted octanol–water partition coefficient (Wildman–Crippen LogP) is 3.87. The minimum absolute atomic E-state index is 0.493. The zero-order valence-electron chi connectivity index (χ0n) is 17.8. The first-order valence-corrected chi connectivity index (χ1v) is 9.41. The quantitative estimate of drug-likeness (QED) is 0.457. The lowest BCUT2D eigenvalue weighted by atomic mass is 9.94. The van der Waals surface area contributed by atoms with Gasteiger partial charge in [-0.05, 0) is 45.7 Å². The molecule has 0 radical (unpaired) electrons. The molecule has 0 saturated heterocycles. The Morgan fingerprint density at radius 1 is 0.724 bits per heavy atom. The molecule has 0 amide bonds. The van der Waals surface area contributed by atoms with E-state index in [1.165, 1.54) is 6.92 Å². The van der Waals surface area contributed by atoms with Crippen LogP contribution < -0.4 is 0 Å². The van der Waals surface area contributed by atoms with E-state index in [0.717, 1.165) is 11.1 Å². The second kappa shape index (κ2) is 10.5. The largest absolute Gasteiger partial charge is 0.481 e. The fraction of sp³-hybridized carbons (Fsp3) is 0.435. The number of carbonyl (C=O) groups is 1. The fourth-order valence-corrected chi connectivity index (χ4v) is 2.17. The first-order valence-electron chi connectivity index (χ1n) is 9.41. The zero-order valence-corrected chi connectivity index (χ0v) is 17.8. The first kappa shape index (κ1) is 24.8. The third-order valence-corrected chi connectivity index (χ3v) is 4.61. The van der Waals surface area contributed by atoms with Crippen LogP contribution in [-0.2, 0) is 25.8 Å². The van der Waals surface area contributed by atoms with Crippen molar-refractivity contribution in [3.63, 3.8) is 0 Å². The highest BCUT2D eigenvalue weighted by Crippen LogP contribution is 2.31. The van der Waals surface area contributed by atoms with Crippen LogP contribution in [0.15, 0.2) is 60.7 Å². The van der Waals surface area contributed by atoms with Gasteiger partial charge in [-0.1, -0.05) is 60.7 Å². The first-order chi connectivity index (χ1) is 13.5. The Bertz CT molecular complexity index is 685. The lowest BCUT2D eigenvalue weighted by Gasteiger charge is -2.31. The maximum absolute atomic E-state index is 10.2. The Balaban J connectivity index is 0.000000396. The number of carboxylic acids is 1. The van der Waals surface area contributed by atoms with Crippen molar-refractivity contribution in [1.29, 1.82) is 0 Å². The van der Waals surface area contributed by atoms with Gasteiger partial charge in [0.05, 0.1) is 13.2 Å². The third kappa shape index (κ3) is 7.25. The van der Waals surface area contributed by atoms with Gasteiger partial charge in [-0.3, -0.25) is 4.79 Å². The monoisotopic (exact) mass is 404 g/mol. The zero-order chi connectivity index (χ0) is 22.1. The SMILES string of the molecule is CC(C)(OOC(C)(C)c1ccccc1)c1ccccc1.CC(CO)(CO)C(=O)O. The molecule has 6 heteroatoms. The Hall–Kier alpha value is -2.25. The van der Waals surface area contributed by atoms with E-state index in [0.29, 0.717) is 0 Å². The number of hydrogen-bond acceptors (Lipinski definition) is 5. The molecule has 160 valence electrons. The van der Waals surface area contributed by atoms with Crippen molar-refractivity contribution < 1.29 is 29.9 Å². The van der Waals surface area contributed by atoms with Crippen molar-refractivity contribution in [2.24, 2.45) is 5.41 Å². The highest BCUT2D eigenvalue weighted by molar-refractivity contribution is 5.74. The topological polar surface area (TPSA) is 96.2 Å². The molecule has 0 atom stereocenters. The summed E-state index contributed by atoms with van der Waals surface area (Å²) in [6, 6.07) is 20.2. The predicted molar refractivity (Wildman–Crippen MR) is 111 cm³/mol. The lowest BCUT2D eigenvalue weighted by Crippen LogP contribution is -2.35. The number of aliphatic hydroxyl groups excluding tert-OH is 2. The van der Waals surface area contributed by atoms with Crippen molar-refractivity contribution >= 4 is 5.97 Å². The van der Waals surface area contributed by atoms with Crippen molar-refractivity contribution in [1.82, 2.24) is 0 Å². The average molecular weight is 405 g/mol. The molecule has 0 saturated carbocycles. The summed E-state index contributed by atoms with van der Waals surface area (Å²) in [5, 5.41) is 25.1. The molecular formula is C23H32O6. The smallest absolute Gasteiger partial charge is 0.314 e. The van der Waals surface area contributed by atoms with Gasteiger partial charge in [-0.2, -0.15) is 0 Å². The molecule has 0 fully saturated rings. The molecular weight excluding hydrogens is 372 g/mol. The van der Waals surface area contributed by atoms with E-state index < -0.39 is 35.8 Å². The molecule has 0 spiro atoms. The van der Waals surface area contributed by atoms with Crippen molar-refractivity contribution in [3.05, 3.63) is 71.8 Å². The molecule has 2 aromatic rings. The van der Waals surface area contributed by atoms with E-state index in [1.807, 2.05) is 88.4 Å². The average Bonchev–Trinajstić information content (AvgIpc) is 2.73. The van der Waals surface area contributed by atoms with Gasteiger partial charge in [0.15, 0.2) is 0 Å². The molecule has 0 aliphatic carbocycles. The van der Waals surface area contributed by atoms with Crippen LogP contribution >= 0.6 is 0 Å². The second-order valence-electron chi connectivity index (χ2n) is 8.10. The van der Waals surface area contributed by atoms with E-state index in [-0.39, 0.29) is 0 Å². The minimum Gasteiger partial charge on any atom is -0.481 e. The molecule has 0 unspecified atom stereocenters. The van der Waals surface area contributed by atoms with Crippen molar-refractivity contribution in [3.8, 4) is 0 Å². The van der Waals surface area contributed by atoms with Gasteiger partial charge in [0.25, 0.3) is 0 Å². The van der Waals surface area contributed by atoms with Gasteiger partial charge in [0, 0.05) is 0 Å². The van der Waals surface area contributed by atoms with Crippen molar-refractivity contribution in [2.45, 2.75) is 45.8 Å². The summed E-state index contributed by atoms with van der Waals surface area (Å²) in [5.41, 5.74) is -0.201. The van der Waals surface area contributed by atoms with Crippen LogP contribution in [0, 0.1) is 5.41 Å². The Labute approximate surface area is 172 Å². The van der Waals surface area contributed by atoms with Crippen LogP contribution in [0.25, 0.3) is 0 Å². The summed E-state index contributed by atoms with van der Waals surface area (Å²) in [7, 11) is 0. The number of aliphatic hydroxyl groups is 2. The summed E-state index contributed by atoms with van der Waals surface area (Å²) in [4.78, 5) is 21.6. The van der Waals surface area contributed by atoms with Gasteiger partial charge in [-0.15, -0.1) is 0 Å². The normalized spacial score (nSPS) is 12.1. The van der Waals surface area contributed by atoms with Crippen LogP contribution in [-0.4, -0.2) is 34.5 Å². The third-order valence-electron chi connectivity index (χ3n) is 4.61. The van der Waals surface area contributed by atoms with Gasteiger partial charge < -0.3 is 15.3 Å². The van der Waals surface area contributed by atoms with E-state index in [4.69, 9.17) is 25.1 Å². The number of carboxylic acid groups (broad SMARTS) is 1. The van der Waals surface area contributed by atoms with E-state index in [2.05, 4.69) is 0 Å². The summed E-state index contributed by atoms with van der Waals surface area (Å²) in [6.07, 6.45) is 0. The Morgan fingerprint density at radius 2 is 1.03 bits per heavy atom. The molecule has 2 aromatic carbocycles. The fourth-order valence-electron chi connectivity index (χ4n) is 2.17. The molecule has 0 bridgehead atoms. The molecule has 6 nitrogen and oxygen atoms in total. The van der Waals surface area contributed by atoms with Crippen LogP contribution in [0.4, 0.5) is 0 Å². The number of hydrogen-bond donors (Lipinski definition) is 3. The summed E-state index contributed by atoms with van der Waals surface area (Å²) in [6.45, 7) is 8.20. The highest BCUT2D eigenvalue weighted by atomic mass is 17.2. The molecule has 2 rings (SSSR count). The van der Waals surface area contributed by atoms with E-state index >= 15 is 0 Å². The van der Waals surface area contributed by atoms with Crippen LogP contribution in [0.5, 0.6) is 0 Å². The maximum Gasteiger partial charge on any atom is 0.314 e. The van der Waals surface area contributed by atoms with Crippen LogP contribution in [0.2, 0.25) is 0 Å². The molecule has 29 heavy (non-hydrogen) atoms. The van der Waals surface area contributed by atoms with Gasteiger partial charge in [0.1, 0.15) is 16.6 Å². The number of rotatable bonds is 8.